The summed E-state index contributed by atoms with van der Waals surface area (Å²) in [6.45, 7) is 6.23. The second-order valence-corrected chi connectivity index (χ2v) is 10.0. The maximum absolute atomic E-state index is 6.15. The van der Waals surface area contributed by atoms with Gasteiger partial charge in [0.15, 0.2) is 0 Å². The first-order chi connectivity index (χ1) is 13.9. The topological polar surface area (TPSA) is 51.8 Å². The highest BCUT2D eigenvalue weighted by atomic mass is 16.7. The molecule has 0 spiro atoms. The standard InChI is InChI=1S/C22H41N5O/c1-2-7-17(8-3-1)16-27-14-6-9-19(27)22-24-21(25-28-22)18-10-11-23-20(15-18)26-12-4-5-13-26/h17-25H,1-16H2. The second kappa shape index (κ2) is 9.27. The molecule has 5 rings (SSSR count). The maximum atomic E-state index is 6.15. The van der Waals surface area contributed by atoms with Crippen LogP contribution in [0.1, 0.15) is 70.6 Å². The van der Waals surface area contributed by atoms with Crippen LogP contribution in [0.15, 0.2) is 0 Å². The van der Waals surface area contributed by atoms with Gasteiger partial charge >= 0.3 is 0 Å². The molecule has 160 valence electrons. The molecule has 6 heteroatoms. The second-order valence-electron chi connectivity index (χ2n) is 10.0. The molecular weight excluding hydrogens is 350 g/mol. The summed E-state index contributed by atoms with van der Waals surface area (Å²) in [5.74, 6) is 1.58. The third kappa shape index (κ3) is 4.42. The van der Waals surface area contributed by atoms with Gasteiger partial charge in [-0.1, -0.05) is 19.3 Å². The summed E-state index contributed by atoms with van der Waals surface area (Å²) < 4.78 is 0. The first kappa shape index (κ1) is 19.7. The third-order valence-corrected chi connectivity index (χ3v) is 8.12. The zero-order chi connectivity index (χ0) is 18.8. The molecule has 28 heavy (non-hydrogen) atoms. The number of piperidine rings is 1. The summed E-state index contributed by atoms with van der Waals surface area (Å²) in [6.07, 6.45) is 16.1. The van der Waals surface area contributed by atoms with Crippen LogP contribution in [0, 0.1) is 11.8 Å². The molecule has 0 aromatic rings. The van der Waals surface area contributed by atoms with E-state index >= 15 is 0 Å². The fourth-order valence-corrected chi connectivity index (χ4v) is 6.49. The molecule has 0 aromatic heterocycles. The highest BCUT2D eigenvalue weighted by Gasteiger charge is 2.41. The summed E-state index contributed by atoms with van der Waals surface area (Å²) in [6, 6.07) is 0.551. The molecule has 5 atom stereocenters. The van der Waals surface area contributed by atoms with Crippen LogP contribution in [-0.2, 0) is 4.84 Å². The molecule has 3 N–H and O–H groups in total. The average molecular weight is 392 g/mol. The molecule has 0 bridgehead atoms. The van der Waals surface area contributed by atoms with Gasteiger partial charge in [-0.3, -0.25) is 20.0 Å². The van der Waals surface area contributed by atoms with Crippen LogP contribution in [0.5, 0.6) is 0 Å². The van der Waals surface area contributed by atoms with Gasteiger partial charge in [0.25, 0.3) is 0 Å². The highest BCUT2D eigenvalue weighted by Crippen LogP contribution is 2.31. The average Bonchev–Trinajstić information content (AvgIpc) is 3.50. The SMILES string of the molecule is C1CCC(CN2CCCC2C2NC(C3CCNC(N4CCCC4)C3)NO2)CC1. The third-order valence-electron chi connectivity index (χ3n) is 8.12. The van der Waals surface area contributed by atoms with Gasteiger partial charge in [0, 0.05) is 6.54 Å². The predicted octanol–water partition coefficient (Wildman–Crippen LogP) is 2.23. The largest absolute Gasteiger partial charge is 0.302 e. The molecule has 0 aromatic carbocycles. The van der Waals surface area contributed by atoms with E-state index < -0.39 is 0 Å². The molecule has 5 fully saturated rings. The van der Waals surface area contributed by atoms with Crippen LogP contribution < -0.4 is 16.1 Å². The zero-order valence-corrected chi connectivity index (χ0v) is 17.6. The molecule has 1 saturated carbocycles. The normalized spacial score (nSPS) is 41.8. The zero-order valence-electron chi connectivity index (χ0n) is 17.6. The van der Waals surface area contributed by atoms with Crippen LogP contribution in [-0.4, -0.2) is 67.1 Å². The van der Waals surface area contributed by atoms with Crippen LogP contribution >= 0.6 is 0 Å². The summed E-state index contributed by atoms with van der Waals surface area (Å²) in [5.41, 5.74) is 3.40. The number of likely N-dealkylation sites (tertiary alicyclic amines) is 2. The number of nitrogens with one attached hydrogen (secondary N) is 3. The van der Waals surface area contributed by atoms with Gasteiger partial charge in [0.05, 0.1) is 18.4 Å². The van der Waals surface area contributed by atoms with Gasteiger partial charge in [-0.05, 0) is 89.4 Å². The Labute approximate surface area is 171 Å². The van der Waals surface area contributed by atoms with Crippen LogP contribution in [0.25, 0.3) is 0 Å². The van der Waals surface area contributed by atoms with E-state index in [-0.39, 0.29) is 6.23 Å². The van der Waals surface area contributed by atoms with Crippen molar-refractivity contribution in [1.29, 1.82) is 0 Å². The van der Waals surface area contributed by atoms with Gasteiger partial charge in [0.1, 0.15) is 6.23 Å². The quantitative estimate of drug-likeness (QED) is 0.668. The van der Waals surface area contributed by atoms with Crippen LogP contribution in [0.3, 0.4) is 0 Å². The minimum Gasteiger partial charge on any atom is -0.302 e. The van der Waals surface area contributed by atoms with Crippen molar-refractivity contribution in [3.05, 3.63) is 0 Å². The minimum absolute atomic E-state index is 0.163. The lowest BCUT2D eigenvalue weighted by molar-refractivity contribution is -0.0278. The summed E-state index contributed by atoms with van der Waals surface area (Å²) >= 11 is 0. The van der Waals surface area contributed by atoms with Gasteiger partial charge in [-0.25, -0.2) is 0 Å². The maximum Gasteiger partial charge on any atom is 0.146 e. The van der Waals surface area contributed by atoms with Crippen molar-refractivity contribution in [2.45, 2.75) is 95.2 Å². The van der Waals surface area contributed by atoms with Crippen molar-refractivity contribution in [2.24, 2.45) is 11.8 Å². The van der Waals surface area contributed by atoms with E-state index in [4.69, 9.17) is 4.84 Å². The Hall–Kier alpha value is -0.240. The molecular formula is C22H41N5O. The molecule has 6 nitrogen and oxygen atoms in total. The number of hydrogen-bond donors (Lipinski definition) is 3. The Balaban J connectivity index is 1.14. The van der Waals surface area contributed by atoms with E-state index in [1.165, 1.54) is 96.8 Å². The summed E-state index contributed by atoms with van der Waals surface area (Å²) in [5, 5.41) is 7.61. The monoisotopic (exact) mass is 391 g/mol. The number of rotatable bonds is 5. The van der Waals surface area contributed by atoms with E-state index in [0.29, 0.717) is 24.3 Å². The molecule has 4 aliphatic heterocycles. The van der Waals surface area contributed by atoms with Crippen molar-refractivity contribution < 1.29 is 4.84 Å². The first-order valence-corrected chi connectivity index (χ1v) is 12.3. The number of nitrogens with zero attached hydrogens (tertiary/aromatic N) is 2. The van der Waals surface area contributed by atoms with Crippen LogP contribution in [0.4, 0.5) is 0 Å². The van der Waals surface area contributed by atoms with Crippen molar-refractivity contribution >= 4 is 0 Å². The smallest absolute Gasteiger partial charge is 0.146 e. The van der Waals surface area contributed by atoms with E-state index in [2.05, 4.69) is 25.9 Å². The minimum atomic E-state index is 0.163. The number of hydroxylamine groups is 1. The molecule has 5 unspecified atom stereocenters. The fraction of sp³-hybridized carbons (Fsp3) is 1.00. The van der Waals surface area contributed by atoms with E-state index in [1.54, 1.807) is 0 Å². The van der Waals surface area contributed by atoms with Gasteiger partial charge in [-0.2, -0.15) is 5.48 Å². The lowest BCUT2D eigenvalue weighted by Gasteiger charge is -2.38. The van der Waals surface area contributed by atoms with E-state index in [1.807, 2.05) is 0 Å². The molecule has 4 heterocycles. The van der Waals surface area contributed by atoms with Crippen LogP contribution in [0.2, 0.25) is 0 Å². The van der Waals surface area contributed by atoms with Crippen molar-refractivity contribution in [1.82, 2.24) is 25.9 Å². The lowest BCUT2D eigenvalue weighted by Crippen LogP contribution is -2.54. The Bertz CT molecular complexity index is 493. The number of hydrogen-bond acceptors (Lipinski definition) is 6. The van der Waals surface area contributed by atoms with Crippen molar-refractivity contribution in [3.8, 4) is 0 Å². The molecule has 4 saturated heterocycles. The lowest BCUT2D eigenvalue weighted by atomic mass is 9.88. The van der Waals surface area contributed by atoms with E-state index in [0.717, 1.165) is 12.5 Å². The highest BCUT2D eigenvalue weighted by molar-refractivity contribution is 4.92. The van der Waals surface area contributed by atoms with Crippen molar-refractivity contribution in [2.75, 3.05) is 32.7 Å². The molecule has 0 radical (unpaired) electrons. The molecule has 5 aliphatic rings. The molecule has 1 aliphatic carbocycles. The van der Waals surface area contributed by atoms with Gasteiger partial charge in [-0.15, -0.1) is 0 Å². The Kier molecular flexibility index (Phi) is 6.53. The van der Waals surface area contributed by atoms with Gasteiger partial charge in [0.2, 0.25) is 0 Å². The van der Waals surface area contributed by atoms with Crippen molar-refractivity contribution in [3.63, 3.8) is 0 Å². The summed E-state index contributed by atoms with van der Waals surface area (Å²) in [7, 11) is 0. The predicted molar refractivity (Wildman–Crippen MR) is 111 cm³/mol. The fourth-order valence-electron chi connectivity index (χ4n) is 6.49. The first-order valence-electron chi connectivity index (χ1n) is 12.3. The summed E-state index contributed by atoms with van der Waals surface area (Å²) in [4.78, 5) is 11.5. The van der Waals surface area contributed by atoms with E-state index in [9.17, 15) is 0 Å². The molecule has 0 amide bonds. The Morgan fingerprint density at radius 1 is 0.857 bits per heavy atom. The Morgan fingerprint density at radius 2 is 1.71 bits per heavy atom. The Morgan fingerprint density at radius 3 is 2.57 bits per heavy atom. The van der Waals surface area contributed by atoms with Gasteiger partial charge < -0.3 is 5.32 Å².